The predicted molar refractivity (Wildman–Crippen MR) is 83.0 cm³/mol. The first-order valence-corrected chi connectivity index (χ1v) is 8.10. The van der Waals surface area contributed by atoms with Crippen LogP contribution in [-0.2, 0) is 4.74 Å². The van der Waals surface area contributed by atoms with E-state index in [4.69, 9.17) is 4.74 Å². The van der Waals surface area contributed by atoms with Crippen LogP contribution in [0.1, 0.15) is 25.7 Å². The van der Waals surface area contributed by atoms with Crippen LogP contribution in [0.4, 0.5) is 11.4 Å². The molecule has 2 heterocycles. The zero-order valence-corrected chi connectivity index (χ0v) is 12.6. The minimum Gasteiger partial charge on any atom is -0.379 e. The van der Waals surface area contributed by atoms with Crippen LogP contribution in [0.25, 0.3) is 0 Å². The van der Waals surface area contributed by atoms with Crippen molar-refractivity contribution in [2.45, 2.75) is 37.4 Å². The number of nitro benzene ring substituents is 1. The highest BCUT2D eigenvalue weighted by Crippen LogP contribution is 2.55. The van der Waals surface area contributed by atoms with Crippen molar-refractivity contribution in [3.8, 4) is 0 Å². The van der Waals surface area contributed by atoms with Gasteiger partial charge in [-0.15, -0.1) is 0 Å². The highest BCUT2D eigenvalue weighted by Gasteiger charge is 2.66. The summed E-state index contributed by atoms with van der Waals surface area (Å²) in [7, 11) is 0. The molecule has 2 atom stereocenters. The molecule has 0 aromatic heterocycles. The van der Waals surface area contributed by atoms with E-state index in [0.717, 1.165) is 32.0 Å². The molecular weight excluding hydrogens is 282 g/mol. The molecule has 3 fully saturated rings. The minimum absolute atomic E-state index is 0.137. The topological polar surface area (TPSA) is 58.6 Å². The zero-order valence-electron chi connectivity index (χ0n) is 12.6. The van der Waals surface area contributed by atoms with Gasteiger partial charge in [-0.2, -0.15) is 0 Å². The zero-order chi connectivity index (χ0) is 15.2. The number of morpholine rings is 1. The van der Waals surface area contributed by atoms with Gasteiger partial charge in [0.25, 0.3) is 5.69 Å². The van der Waals surface area contributed by atoms with E-state index in [1.54, 1.807) is 12.1 Å². The molecule has 1 aromatic carbocycles. The van der Waals surface area contributed by atoms with Gasteiger partial charge in [0.2, 0.25) is 0 Å². The summed E-state index contributed by atoms with van der Waals surface area (Å²) >= 11 is 0. The lowest BCUT2D eigenvalue weighted by atomic mass is 9.94. The highest BCUT2D eigenvalue weighted by molar-refractivity contribution is 5.62. The van der Waals surface area contributed by atoms with Gasteiger partial charge in [0.15, 0.2) is 0 Å². The van der Waals surface area contributed by atoms with Gasteiger partial charge in [0.1, 0.15) is 5.66 Å². The van der Waals surface area contributed by atoms with Crippen molar-refractivity contribution >= 4 is 11.4 Å². The van der Waals surface area contributed by atoms with Crippen LogP contribution >= 0.6 is 0 Å². The molecule has 4 rings (SSSR count). The summed E-state index contributed by atoms with van der Waals surface area (Å²) < 4.78 is 5.50. The number of nitrogens with zero attached hydrogens (tertiary/aromatic N) is 3. The Balaban J connectivity index is 1.61. The molecule has 0 bridgehead atoms. The number of fused-ring (bicyclic) bond motifs is 1. The van der Waals surface area contributed by atoms with E-state index in [1.165, 1.54) is 25.7 Å². The molecule has 2 aliphatic heterocycles. The maximum atomic E-state index is 10.8. The fourth-order valence-corrected chi connectivity index (χ4v) is 4.36. The molecule has 0 amide bonds. The van der Waals surface area contributed by atoms with Crippen LogP contribution in [0.5, 0.6) is 0 Å². The van der Waals surface area contributed by atoms with Crippen molar-refractivity contribution in [1.82, 2.24) is 4.90 Å². The minimum atomic E-state index is -0.337. The Hall–Kier alpha value is -1.66. The number of hydrogen-bond acceptors (Lipinski definition) is 5. The van der Waals surface area contributed by atoms with Crippen LogP contribution in [0, 0.1) is 10.1 Å². The van der Waals surface area contributed by atoms with Gasteiger partial charge in [-0.3, -0.25) is 15.0 Å². The maximum Gasteiger partial charge on any atom is 0.269 e. The Morgan fingerprint density at radius 1 is 1.18 bits per heavy atom. The number of benzene rings is 1. The Bertz CT molecular complexity index is 571. The van der Waals surface area contributed by atoms with E-state index in [2.05, 4.69) is 9.80 Å². The van der Waals surface area contributed by atoms with Crippen LogP contribution < -0.4 is 4.90 Å². The third-order valence-electron chi connectivity index (χ3n) is 5.36. The van der Waals surface area contributed by atoms with Gasteiger partial charge in [0.05, 0.1) is 24.2 Å². The van der Waals surface area contributed by atoms with Crippen LogP contribution in [-0.4, -0.2) is 47.8 Å². The van der Waals surface area contributed by atoms with Gasteiger partial charge in [-0.1, -0.05) is 6.42 Å². The second-order valence-electron chi connectivity index (χ2n) is 6.38. The molecule has 3 aliphatic rings. The number of ether oxygens (including phenoxy) is 1. The highest BCUT2D eigenvalue weighted by atomic mass is 16.6. The summed E-state index contributed by atoms with van der Waals surface area (Å²) in [6.45, 7) is 3.59. The van der Waals surface area contributed by atoms with E-state index in [1.807, 2.05) is 12.1 Å². The smallest absolute Gasteiger partial charge is 0.269 e. The number of non-ortho nitro benzene ring substituents is 1. The molecule has 0 unspecified atom stereocenters. The van der Waals surface area contributed by atoms with Gasteiger partial charge in [-0.25, -0.2) is 0 Å². The van der Waals surface area contributed by atoms with E-state index < -0.39 is 0 Å². The molecule has 118 valence electrons. The average molecular weight is 303 g/mol. The average Bonchev–Trinajstić information content (AvgIpc) is 3.26. The second-order valence-corrected chi connectivity index (χ2v) is 6.38. The lowest BCUT2D eigenvalue weighted by molar-refractivity contribution is -0.384. The summed E-state index contributed by atoms with van der Waals surface area (Å²) in [5, 5.41) is 10.8. The SMILES string of the molecule is O=[N+]([O-])c1ccc(N2[C@H]3CCCC[C@@]32N2CCOCC2)cc1. The molecular formula is C16H21N3O3. The van der Waals surface area contributed by atoms with E-state index in [0.29, 0.717) is 6.04 Å². The Labute approximate surface area is 129 Å². The molecule has 1 saturated carbocycles. The van der Waals surface area contributed by atoms with Crippen molar-refractivity contribution in [3.63, 3.8) is 0 Å². The number of nitro groups is 1. The predicted octanol–water partition coefficient (Wildman–Crippen LogP) is 2.39. The molecule has 0 radical (unpaired) electrons. The van der Waals surface area contributed by atoms with Crippen LogP contribution in [0.15, 0.2) is 24.3 Å². The van der Waals surface area contributed by atoms with E-state index >= 15 is 0 Å². The quantitative estimate of drug-likeness (QED) is 0.487. The molecule has 22 heavy (non-hydrogen) atoms. The Morgan fingerprint density at radius 2 is 1.91 bits per heavy atom. The largest absolute Gasteiger partial charge is 0.379 e. The summed E-state index contributed by atoms with van der Waals surface area (Å²) in [5.74, 6) is 0. The first-order chi connectivity index (χ1) is 10.7. The molecule has 6 heteroatoms. The lowest BCUT2D eigenvalue weighted by Gasteiger charge is -2.36. The summed E-state index contributed by atoms with van der Waals surface area (Å²) in [6, 6.07) is 7.59. The van der Waals surface area contributed by atoms with Gasteiger partial charge < -0.3 is 9.64 Å². The standard InChI is InChI=1S/C16H21N3O3/c20-19(21)14-6-4-13(5-7-14)18-15-3-1-2-8-16(15,18)17-9-11-22-12-10-17/h4-7,15H,1-3,8-12H2/t15-,16-,18?/m0/s1. The lowest BCUT2D eigenvalue weighted by Crippen LogP contribution is -2.49. The van der Waals surface area contributed by atoms with Crippen LogP contribution in [0.2, 0.25) is 0 Å². The van der Waals surface area contributed by atoms with Crippen molar-refractivity contribution in [2.75, 3.05) is 31.2 Å². The van der Waals surface area contributed by atoms with Crippen molar-refractivity contribution in [3.05, 3.63) is 34.4 Å². The van der Waals surface area contributed by atoms with Gasteiger partial charge >= 0.3 is 0 Å². The third-order valence-corrected chi connectivity index (χ3v) is 5.36. The molecule has 2 saturated heterocycles. The monoisotopic (exact) mass is 303 g/mol. The molecule has 6 nitrogen and oxygen atoms in total. The number of rotatable bonds is 3. The van der Waals surface area contributed by atoms with E-state index in [-0.39, 0.29) is 16.3 Å². The summed E-state index contributed by atoms with van der Waals surface area (Å²) in [6.07, 6.45) is 4.95. The summed E-state index contributed by atoms with van der Waals surface area (Å²) in [5.41, 5.74) is 1.41. The maximum absolute atomic E-state index is 10.8. The normalized spacial score (nSPS) is 31.6. The molecule has 0 spiro atoms. The molecule has 0 N–H and O–H groups in total. The van der Waals surface area contributed by atoms with Crippen molar-refractivity contribution in [2.24, 2.45) is 0 Å². The first-order valence-electron chi connectivity index (χ1n) is 8.10. The van der Waals surface area contributed by atoms with Crippen molar-refractivity contribution in [1.29, 1.82) is 0 Å². The van der Waals surface area contributed by atoms with Gasteiger partial charge in [-0.05, 0) is 31.4 Å². The Kier molecular flexibility index (Phi) is 3.31. The van der Waals surface area contributed by atoms with Gasteiger partial charge in [0, 0.05) is 30.9 Å². The molecule has 1 aromatic rings. The Morgan fingerprint density at radius 3 is 2.59 bits per heavy atom. The fraction of sp³-hybridized carbons (Fsp3) is 0.625. The number of hydrogen-bond donors (Lipinski definition) is 0. The summed E-state index contributed by atoms with van der Waals surface area (Å²) in [4.78, 5) is 15.5. The second kappa shape index (κ2) is 5.21. The third kappa shape index (κ3) is 2.01. The van der Waals surface area contributed by atoms with Crippen LogP contribution in [0.3, 0.4) is 0 Å². The van der Waals surface area contributed by atoms with E-state index in [9.17, 15) is 10.1 Å². The fourth-order valence-electron chi connectivity index (χ4n) is 4.36. The first kappa shape index (κ1) is 14.0. The van der Waals surface area contributed by atoms with Crippen molar-refractivity contribution < 1.29 is 9.66 Å². The molecule has 1 aliphatic carbocycles. The number of anilines is 1.